The molecule has 0 atom stereocenters. The van der Waals surface area contributed by atoms with Crippen LogP contribution in [0.15, 0.2) is 59.8 Å². The fraction of sp³-hybridized carbons (Fsp3) is 0.235. The van der Waals surface area contributed by atoms with E-state index in [-0.39, 0.29) is 0 Å². The minimum atomic E-state index is 0.420. The van der Waals surface area contributed by atoms with Crippen molar-refractivity contribution < 1.29 is 4.84 Å². The lowest BCUT2D eigenvalue weighted by Crippen LogP contribution is -2.09. The molecule has 0 bridgehead atoms. The lowest BCUT2D eigenvalue weighted by molar-refractivity contribution is 0.152. The van der Waals surface area contributed by atoms with Crippen LogP contribution in [0.4, 0.5) is 0 Å². The number of oxime groups is 1. The number of nitrogens with zero attached hydrogens (tertiary/aromatic N) is 1. The third-order valence-electron chi connectivity index (χ3n) is 3.05. The summed E-state index contributed by atoms with van der Waals surface area (Å²) >= 11 is 0. The van der Waals surface area contributed by atoms with Gasteiger partial charge in [0.25, 0.3) is 0 Å². The first-order chi connectivity index (χ1) is 9.85. The van der Waals surface area contributed by atoms with Gasteiger partial charge in [-0.1, -0.05) is 66.7 Å². The topological polar surface area (TPSA) is 47.6 Å². The maximum Gasteiger partial charge on any atom is 0.129 e. The number of nitrogens with two attached hydrogens (primary N) is 1. The molecule has 0 fully saturated rings. The molecule has 0 saturated heterocycles. The van der Waals surface area contributed by atoms with Gasteiger partial charge in [-0.15, -0.1) is 0 Å². The van der Waals surface area contributed by atoms with Crippen molar-refractivity contribution in [2.24, 2.45) is 10.9 Å². The van der Waals surface area contributed by atoms with Crippen LogP contribution < -0.4 is 5.73 Å². The van der Waals surface area contributed by atoms with Gasteiger partial charge in [0.1, 0.15) is 12.3 Å². The monoisotopic (exact) mass is 268 g/mol. The summed E-state index contributed by atoms with van der Waals surface area (Å²) in [5.74, 6) is 0. The van der Waals surface area contributed by atoms with Crippen molar-refractivity contribution in [1.29, 1.82) is 0 Å². The van der Waals surface area contributed by atoms with E-state index in [1.165, 1.54) is 5.56 Å². The van der Waals surface area contributed by atoms with Crippen molar-refractivity contribution in [2.45, 2.75) is 13.3 Å². The van der Waals surface area contributed by atoms with E-state index < -0.39 is 0 Å². The van der Waals surface area contributed by atoms with Crippen molar-refractivity contribution in [3.63, 3.8) is 0 Å². The molecule has 2 N–H and O–H groups in total. The molecule has 0 heterocycles. The highest BCUT2D eigenvalue weighted by Gasteiger charge is 2.07. The van der Waals surface area contributed by atoms with E-state index in [2.05, 4.69) is 36.3 Å². The van der Waals surface area contributed by atoms with Crippen molar-refractivity contribution in [2.75, 3.05) is 13.2 Å². The van der Waals surface area contributed by atoms with Crippen molar-refractivity contribution >= 4 is 5.71 Å². The van der Waals surface area contributed by atoms with Gasteiger partial charge in [0.05, 0.1) is 0 Å². The average molecular weight is 268 g/mol. The van der Waals surface area contributed by atoms with E-state index in [1.807, 2.05) is 30.3 Å². The van der Waals surface area contributed by atoms with Gasteiger partial charge in [-0.3, -0.25) is 0 Å². The lowest BCUT2D eigenvalue weighted by atomic mass is 10.0. The Bertz CT molecular complexity index is 547. The smallest absolute Gasteiger partial charge is 0.129 e. The molecule has 3 heteroatoms. The minimum absolute atomic E-state index is 0.420. The third-order valence-corrected chi connectivity index (χ3v) is 3.05. The molecule has 0 aliphatic carbocycles. The van der Waals surface area contributed by atoms with Gasteiger partial charge >= 0.3 is 0 Å². The summed E-state index contributed by atoms with van der Waals surface area (Å²) < 4.78 is 0. The number of benzene rings is 2. The Balaban J connectivity index is 2.32. The maximum atomic E-state index is 5.44. The fourth-order valence-electron chi connectivity index (χ4n) is 1.93. The molecule has 2 aromatic rings. The van der Waals surface area contributed by atoms with Crippen LogP contribution in [0.25, 0.3) is 0 Å². The van der Waals surface area contributed by atoms with Crippen molar-refractivity contribution in [1.82, 2.24) is 0 Å². The molecule has 3 nitrogen and oxygen atoms in total. The second-order valence-electron chi connectivity index (χ2n) is 4.48. The highest BCUT2D eigenvalue weighted by molar-refractivity contribution is 6.12. The molecule has 0 amide bonds. The molecule has 0 spiro atoms. The summed E-state index contributed by atoms with van der Waals surface area (Å²) in [6, 6.07) is 18.4. The van der Waals surface area contributed by atoms with E-state index in [1.54, 1.807) is 0 Å². The van der Waals surface area contributed by atoms with Gasteiger partial charge in [-0.05, 0) is 12.0 Å². The summed E-state index contributed by atoms with van der Waals surface area (Å²) in [7, 11) is 0. The Kier molecular flexibility index (Phi) is 5.33. The summed E-state index contributed by atoms with van der Waals surface area (Å²) in [6.45, 7) is 3.02. The number of rotatable bonds is 6. The average Bonchev–Trinajstić information content (AvgIpc) is 2.53. The minimum Gasteiger partial charge on any atom is -0.394 e. The van der Waals surface area contributed by atoms with Gasteiger partial charge < -0.3 is 10.6 Å². The van der Waals surface area contributed by atoms with Crippen LogP contribution >= 0.6 is 0 Å². The van der Waals surface area contributed by atoms with Crippen LogP contribution in [0.2, 0.25) is 0 Å². The molecule has 0 unspecified atom stereocenters. The first-order valence-electron chi connectivity index (χ1n) is 6.90. The highest BCUT2D eigenvalue weighted by atomic mass is 16.6. The number of aryl methyl sites for hydroxylation is 1. The number of hydrogen-bond donors (Lipinski definition) is 1. The van der Waals surface area contributed by atoms with E-state index in [0.717, 1.165) is 23.3 Å². The van der Waals surface area contributed by atoms with Crippen LogP contribution in [0.5, 0.6) is 0 Å². The summed E-state index contributed by atoms with van der Waals surface area (Å²) in [5, 5.41) is 4.25. The predicted octanol–water partition coefficient (Wildman–Crippen LogP) is 2.98. The molecule has 20 heavy (non-hydrogen) atoms. The fourth-order valence-corrected chi connectivity index (χ4v) is 1.93. The molecule has 0 aliphatic heterocycles. The molecule has 0 aliphatic rings. The molecule has 0 saturated carbocycles. The van der Waals surface area contributed by atoms with E-state index in [9.17, 15) is 0 Å². The van der Waals surface area contributed by atoms with E-state index in [0.29, 0.717) is 13.2 Å². The Morgan fingerprint density at radius 3 is 2.25 bits per heavy atom. The standard InChI is InChI=1S/C17H20N2O/c1-2-14-8-10-16(11-9-14)17(19-20-13-12-18)15-6-4-3-5-7-15/h3-11H,2,12-13,18H2,1H3/b19-17+. The van der Waals surface area contributed by atoms with Crippen molar-refractivity contribution in [3.8, 4) is 0 Å². The molecule has 104 valence electrons. The summed E-state index contributed by atoms with van der Waals surface area (Å²) in [5.41, 5.74) is 9.66. The second kappa shape index (κ2) is 7.46. The van der Waals surface area contributed by atoms with E-state index >= 15 is 0 Å². The first-order valence-corrected chi connectivity index (χ1v) is 6.90. The lowest BCUT2D eigenvalue weighted by Gasteiger charge is -2.08. The summed E-state index contributed by atoms with van der Waals surface area (Å²) in [6.07, 6.45) is 1.03. The van der Waals surface area contributed by atoms with Gasteiger partial charge in [-0.2, -0.15) is 0 Å². The van der Waals surface area contributed by atoms with E-state index in [4.69, 9.17) is 10.6 Å². The van der Waals surface area contributed by atoms with Crippen molar-refractivity contribution in [3.05, 3.63) is 71.3 Å². The molecular formula is C17H20N2O. The Hall–Kier alpha value is -2.13. The Morgan fingerprint density at radius 1 is 1.00 bits per heavy atom. The SMILES string of the molecule is CCc1ccc(/C(=N/OCCN)c2ccccc2)cc1. The van der Waals surface area contributed by atoms with Gasteiger partial charge in [0, 0.05) is 17.7 Å². The zero-order valence-electron chi connectivity index (χ0n) is 11.8. The quantitative estimate of drug-likeness (QED) is 0.497. The molecule has 0 radical (unpaired) electrons. The zero-order chi connectivity index (χ0) is 14.2. The largest absolute Gasteiger partial charge is 0.394 e. The van der Waals surface area contributed by atoms with Crippen LogP contribution in [0, 0.1) is 0 Å². The van der Waals surface area contributed by atoms with Crippen LogP contribution in [-0.4, -0.2) is 18.9 Å². The molecular weight excluding hydrogens is 248 g/mol. The predicted molar refractivity (Wildman–Crippen MR) is 82.9 cm³/mol. The van der Waals surface area contributed by atoms with Crippen LogP contribution in [0.3, 0.4) is 0 Å². The highest BCUT2D eigenvalue weighted by Crippen LogP contribution is 2.13. The van der Waals surface area contributed by atoms with Gasteiger partial charge in [0.2, 0.25) is 0 Å². The molecule has 2 rings (SSSR count). The van der Waals surface area contributed by atoms with Gasteiger partial charge in [0.15, 0.2) is 0 Å². The number of hydrogen-bond acceptors (Lipinski definition) is 3. The normalized spacial score (nSPS) is 11.4. The molecule has 2 aromatic carbocycles. The second-order valence-corrected chi connectivity index (χ2v) is 4.48. The maximum absolute atomic E-state index is 5.44. The van der Waals surface area contributed by atoms with Gasteiger partial charge in [-0.25, -0.2) is 0 Å². The summed E-state index contributed by atoms with van der Waals surface area (Å²) in [4.78, 5) is 5.27. The first kappa shape index (κ1) is 14.3. The Morgan fingerprint density at radius 2 is 1.65 bits per heavy atom. The third kappa shape index (κ3) is 3.68. The molecule has 0 aromatic heterocycles. The van der Waals surface area contributed by atoms with Crippen LogP contribution in [-0.2, 0) is 11.3 Å². The Labute approximate surface area is 120 Å². The zero-order valence-corrected chi connectivity index (χ0v) is 11.8. The van der Waals surface area contributed by atoms with Crippen LogP contribution in [0.1, 0.15) is 23.6 Å².